The van der Waals surface area contributed by atoms with Gasteiger partial charge in [0.1, 0.15) is 11.9 Å². The van der Waals surface area contributed by atoms with Crippen LogP contribution in [0.3, 0.4) is 0 Å². The van der Waals surface area contributed by atoms with Crippen molar-refractivity contribution in [1.29, 1.82) is 0 Å². The fourth-order valence-corrected chi connectivity index (χ4v) is 3.41. The molecule has 2 aliphatic heterocycles. The summed E-state index contributed by atoms with van der Waals surface area (Å²) in [4.78, 5) is 6.00. The van der Waals surface area contributed by atoms with E-state index in [9.17, 15) is 13.2 Å². The van der Waals surface area contributed by atoms with E-state index in [-0.39, 0.29) is 12.1 Å². The van der Waals surface area contributed by atoms with Gasteiger partial charge in [-0.25, -0.2) is 4.99 Å². The third-order valence-electron chi connectivity index (χ3n) is 4.53. The van der Waals surface area contributed by atoms with Crippen LogP contribution in [0.1, 0.15) is 18.9 Å². The smallest absolute Gasteiger partial charge is 0.401 e. The Balaban J connectivity index is 1.51. The number of rotatable bonds is 5. The van der Waals surface area contributed by atoms with E-state index >= 15 is 0 Å². The first-order valence-corrected chi connectivity index (χ1v) is 9.01. The van der Waals surface area contributed by atoms with E-state index in [0.29, 0.717) is 38.6 Å². The molecule has 8 heteroatoms. The highest BCUT2D eigenvalue weighted by atomic mass is 19.4. The summed E-state index contributed by atoms with van der Waals surface area (Å²) in [7, 11) is 0. The number of nitrogens with zero attached hydrogens (tertiary/aromatic N) is 2. The molecule has 1 saturated heterocycles. The van der Waals surface area contributed by atoms with Crippen LogP contribution in [0.5, 0.6) is 5.75 Å². The average Bonchev–Trinajstić information content (AvgIpc) is 3.17. The average molecular weight is 370 g/mol. The number of aliphatic imine (C=N–C) groups is 1. The molecule has 0 spiro atoms. The summed E-state index contributed by atoms with van der Waals surface area (Å²) in [5.41, 5.74) is 1.18. The van der Waals surface area contributed by atoms with E-state index in [0.717, 1.165) is 12.2 Å². The van der Waals surface area contributed by atoms with E-state index in [1.807, 2.05) is 25.1 Å². The second kappa shape index (κ2) is 8.16. The van der Waals surface area contributed by atoms with E-state index in [4.69, 9.17) is 4.74 Å². The van der Waals surface area contributed by atoms with Gasteiger partial charge in [-0.1, -0.05) is 18.2 Å². The molecule has 1 aromatic rings. The molecule has 2 heterocycles. The predicted octanol–water partition coefficient (Wildman–Crippen LogP) is 2.18. The Morgan fingerprint density at radius 2 is 2.15 bits per heavy atom. The van der Waals surface area contributed by atoms with E-state index in [2.05, 4.69) is 21.7 Å². The highest BCUT2D eigenvalue weighted by Crippen LogP contribution is 2.28. The van der Waals surface area contributed by atoms with Crippen molar-refractivity contribution >= 4 is 5.96 Å². The topological polar surface area (TPSA) is 48.9 Å². The van der Waals surface area contributed by atoms with E-state index in [1.165, 1.54) is 10.5 Å². The third kappa shape index (κ3) is 5.27. The highest BCUT2D eigenvalue weighted by Gasteiger charge is 2.34. The minimum atomic E-state index is -4.15. The number of hydrogen-bond acceptors (Lipinski definition) is 3. The van der Waals surface area contributed by atoms with Gasteiger partial charge in [0.05, 0.1) is 13.1 Å². The number of ether oxygens (including phenoxy) is 1. The normalized spacial score (nSPS) is 23.6. The molecule has 26 heavy (non-hydrogen) atoms. The number of likely N-dealkylation sites (tertiary alicyclic amines) is 1. The second-order valence-electron chi connectivity index (χ2n) is 6.75. The number of alkyl halides is 3. The zero-order valence-electron chi connectivity index (χ0n) is 14.9. The first kappa shape index (κ1) is 18.8. The summed E-state index contributed by atoms with van der Waals surface area (Å²) in [6.07, 6.45) is -2.66. The number of hydrogen-bond donors (Lipinski definition) is 2. The summed E-state index contributed by atoms with van der Waals surface area (Å²) in [5.74, 6) is 1.54. The molecule has 0 aromatic heterocycles. The number of fused-ring (bicyclic) bond motifs is 1. The predicted molar refractivity (Wildman–Crippen MR) is 94.6 cm³/mol. The largest absolute Gasteiger partial charge is 0.488 e. The van der Waals surface area contributed by atoms with E-state index in [1.54, 1.807) is 0 Å². The van der Waals surface area contributed by atoms with Gasteiger partial charge in [-0.2, -0.15) is 13.2 Å². The monoisotopic (exact) mass is 370 g/mol. The van der Waals surface area contributed by atoms with Crippen LogP contribution >= 0.6 is 0 Å². The lowest BCUT2D eigenvalue weighted by molar-refractivity contribution is -0.143. The number of benzene rings is 1. The Kier molecular flexibility index (Phi) is 5.90. The summed E-state index contributed by atoms with van der Waals surface area (Å²) < 4.78 is 43.4. The third-order valence-corrected chi connectivity index (χ3v) is 4.53. The van der Waals surface area contributed by atoms with Gasteiger partial charge in [0, 0.05) is 32.1 Å². The molecule has 2 aliphatic rings. The molecule has 144 valence electrons. The van der Waals surface area contributed by atoms with Crippen molar-refractivity contribution < 1.29 is 17.9 Å². The SMILES string of the molecule is CCNC(=NCC1Cc2ccccc2O1)NC1CCN(CC(F)(F)F)C1. The molecule has 1 aromatic carbocycles. The first-order chi connectivity index (χ1) is 12.4. The molecule has 5 nitrogen and oxygen atoms in total. The van der Waals surface area contributed by atoms with E-state index < -0.39 is 12.7 Å². The van der Waals surface area contributed by atoms with Crippen molar-refractivity contribution in [3.63, 3.8) is 0 Å². The van der Waals surface area contributed by atoms with Crippen LogP contribution in [0, 0.1) is 0 Å². The lowest BCUT2D eigenvalue weighted by Crippen LogP contribution is -2.45. The van der Waals surface area contributed by atoms with Gasteiger partial charge in [0.2, 0.25) is 0 Å². The Bertz CT molecular complexity index is 610. The maximum Gasteiger partial charge on any atom is 0.401 e. The van der Waals surface area contributed by atoms with Crippen LogP contribution < -0.4 is 15.4 Å². The van der Waals surface area contributed by atoms with Gasteiger partial charge in [0.25, 0.3) is 0 Å². The number of guanidine groups is 1. The lowest BCUT2D eigenvalue weighted by atomic mass is 10.1. The number of para-hydroxylation sites is 1. The fraction of sp³-hybridized carbons (Fsp3) is 0.611. The molecular formula is C18H25F3N4O. The quantitative estimate of drug-likeness (QED) is 0.616. The maximum absolute atomic E-state index is 12.5. The minimum absolute atomic E-state index is 0.00633. The van der Waals surface area contributed by atoms with Crippen molar-refractivity contribution in [2.45, 2.75) is 38.1 Å². The molecule has 2 N–H and O–H groups in total. The molecule has 0 radical (unpaired) electrons. The molecule has 0 aliphatic carbocycles. The van der Waals surface area contributed by atoms with Crippen molar-refractivity contribution in [3.05, 3.63) is 29.8 Å². The van der Waals surface area contributed by atoms with Crippen molar-refractivity contribution in [3.8, 4) is 5.75 Å². The summed E-state index contributed by atoms with van der Waals surface area (Å²) >= 11 is 0. The second-order valence-corrected chi connectivity index (χ2v) is 6.75. The summed E-state index contributed by atoms with van der Waals surface area (Å²) in [5, 5.41) is 6.41. The van der Waals surface area contributed by atoms with Crippen molar-refractivity contribution in [2.24, 2.45) is 4.99 Å². The van der Waals surface area contributed by atoms with Crippen molar-refractivity contribution in [2.75, 3.05) is 32.7 Å². The van der Waals surface area contributed by atoms with Crippen LogP contribution in [0.2, 0.25) is 0 Å². The first-order valence-electron chi connectivity index (χ1n) is 9.01. The number of halogens is 3. The maximum atomic E-state index is 12.5. The molecule has 0 bridgehead atoms. The zero-order valence-corrected chi connectivity index (χ0v) is 14.9. The molecule has 0 saturated carbocycles. The highest BCUT2D eigenvalue weighted by molar-refractivity contribution is 5.80. The molecule has 3 rings (SSSR count). The molecule has 1 fully saturated rings. The van der Waals surface area contributed by atoms with Crippen LogP contribution in [0.25, 0.3) is 0 Å². The fourth-order valence-electron chi connectivity index (χ4n) is 3.41. The van der Waals surface area contributed by atoms with Crippen LogP contribution in [0.4, 0.5) is 13.2 Å². The lowest BCUT2D eigenvalue weighted by Gasteiger charge is -2.20. The Morgan fingerprint density at radius 3 is 2.88 bits per heavy atom. The van der Waals surface area contributed by atoms with Crippen LogP contribution in [-0.4, -0.2) is 61.9 Å². The zero-order chi connectivity index (χ0) is 18.6. The molecule has 2 unspecified atom stereocenters. The summed E-state index contributed by atoms with van der Waals surface area (Å²) in [6.45, 7) is 3.11. The van der Waals surface area contributed by atoms with Gasteiger partial charge < -0.3 is 15.4 Å². The van der Waals surface area contributed by atoms with Gasteiger partial charge in [-0.3, -0.25) is 4.90 Å². The molecule has 2 atom stereocenters. The Morgan fingerprint density at radius 1 is 1.35 bits per heavy atom. The standard InChI is InChI=1S/C18H25F3N4O/c1-2-22-17(24-14-7-8-25(11-14)12-18(19,20)21)23-10-15-9-13-5-3-4-6-16(13)26-15/h3-6,14-15H,2,7-12H2,1H3,(H2,22,23,24). The summed E-state index contributed by atoms with van der Waals surface area (Å²) in [6, 6.07) is 7.92. The molecular weight excluding hydrogens is 345 g/mol. The number of nitrogens with one attached hydrogen (secondary N) is 2. The van der Waals surface area contributed by atoms with Crippen LogP contribution in [0.15, 0.2) is 29.3 Å². The Hall–Kier alpha value is -1.96. The molecule has 0 amide bonds. The van der Waals surface area contributed by atoms with Gasteiger partial charge in [-0.15, -0.1) is 0 Å². The van der Waals surface area contributed by atoms with Gasteiger partial charge >= 0.3 is 6.18 Å². The minimum Gasteiger partial charge on any atom is -0.488 e. The Labute approximate surface area is 151 Å². The van der Waals surface area contributed by atoms with Crippen LogP contribution in [-0.2, 0) is 6.42 Å². The van der Waals surface area contributed by atoms with Gasteiger partial charge in [-0.05, 0) is 25.0 Å². The van der Waals surface area contributed by atoms with Gasteiger partial charge in [0.15, 0.2) is 5.96 Å². The van der Waals surface area contributed by atoms with Crippen molar-refractivity contribution in [1.82, 2.24) is 15.5 Å².